The van der Waals surface area contributed by atoms with Gasteiger partial charge in [-0.15, -0.1) is 0 Å². The van der Waals surface area contributed by atoms with Crippen LogP contribution in [0.4, 0.5) is 4.39 Å². The van der Waals surface area contributed by atoms with E-state index in [1.54, 1.807) is 18.6 Å². The zero-order valence-electron chi connectivity index (χ0n) is 13.9. The second-order valence-electron chi connectivity index (χ2n) is 7.18. The molecule has 1 saturated heterocycles. The molecule has 0 bridgehead atoms. The van der Waals surface area contributed by atoms with Crippen molar-refractivity contribution in [2.24, 2.45) is 0 Å². The molecule has 3 heterocycles. The molecule has 0 spiro atoms. The number of imidazole rings is 1. The van der Waals surface area contributed by atoms with E-state index in [2.05, 4.69) is 30.7 Å². The van der Waals surface area contributed by atoms with Gasteiger partial charge in [0.1, 0.15) is 22.9 Å². The molecule has 1 aliphatic rings. The van der Waals surface area contributed by atoms with Crippen molar-refractivity contribution in [3.8, 4) is 11.4 Å². The predicted octanol–water partition coefficient (Wildman–Crippen LogP) is 3.16. The highest BCUT2D eigenvalue weighted by molar-refractivity contribution is 5.52. The zero-order valence-corrected chi connectivity index (χ0v) is 13.9. The van der Waals surface area contributed by atoms with Crippen LogP contribution >= 0.6 is 0 Å². The van der Waals surface area contributed by atoms with Crippen LogP contribution in [0.2, 0.25) is 0 Å². The molecule has 0 aromatic carbocycles. The van der Waals surface area contributed by atoms with Crippen molar-refractivity contribution in [2.75, 3.05) is 13.2 Å². The van der Waals surface area contributed by atoms with Crippen molar-refractivity contribution in [1.82, 2.24) is 19.5 Å². The molecule has 6 heteroatoms. The molecule has 1 aliphatic heterocycles. The van der Waals surface area contributed by atoms with Crippen LogP contribution < -0.4 is 0 Å². The molecule has 0 radical (unpaired) electrons. The van der Waals surface area contributed by atoms with Crippen molar-refractivity contribution in [1.29, 1.82) is 0 Å². The highest BCUT2D eigenvalue weighted by Crippen LogP contribution is 2.31. The monoisotopic (exact) mass is 318 g/mol. The molecule has 0 aliphatic carbocycles. The summed E-state index contributed by atoms with van der Waals surface area (Å²) in [7, 11) is 0. The number of aromatic nitrogens is 4. The number of rotatable bonds is 3. The maximum atomic E-state index is 15.1. The van der Waals surface area contributed by atoms with Crippen LogP contribution in [0.15, 0.2) is 24.8 Å². The first kappa shape index (κ1) is 16.1. The Balaban J connectivity index is 1.96. The Labute approximate surface area is 135 Å². The lowest BCUT2D eigenvalue weighted by atomic mass is 9.93. The summed E-state index contributed by atoms with van der Waals surface area (Å²) in [6, 6.07) is 0. The van der Waals surface area contributed by atoms with Gasteiger partial charge in [0.15, 0.2) is 0 Å². The minimum Gasteiger partial charge on any atom is -0.381 e. The van der Waals surface area contributed by atoms with Crippen LogP contribution in [0.3, 0.4) is 0 Å². The van der Waals surface area contributed by atoms with Gasteiger partial charge in [-0.2, -0.15) is 0 Å². The van der Waals surface area contributed by atoms with Crippen LogP contribution in [-0.2, 0) is 16.7 Å². The first-order chi connectivity index (χ1) is 10.9. The molecule has 0 N–H and O–H groups in total. The van der Waals surface area contributed by atoms with Crippen LogP contribution in [0, 0.1) is 0 Å². The van der Waals surface area contributed by atoms with Gasteiger partial charge >= 0.3 is 0 Å². The fraction of sp³-hybridized carbons (Fsp3) is 0.588. The van der Waals surface area contributed by atoms with Gasteiger partial charge in [0.2, 0.25) is 0 Å². The predicted molar refractivity (Wildman–Crippen MR) is 85.8 cm³/mol. The van der Waals surface area contributed by atoms with Gasteiger partial charge in [-0.1, -0.05) is 20.8 Å². The summed E-state index contributed by atoms with van der Waals surface area (Å²) in [6.07, 6.45) is 7.69. The highest BCUT2D eigenvalue weighted by atomic mass is 19.1. The molecular formula is C17H23FN4O. The molecule has 2 aromatic rings. The average molecular weight is 318 g/mol. The minimum absolute atomic E-state index is 0.179. The molecule has 0 amide bonds. The Hall–Kier alpha value is -1.82. The van der Waals surface area contributed by atoms with E-state index in [0.717, 1.165) is 11.5 Å². The Kier molecular flexibility index (Phi) is 4.19. The number of halogens is 1. The molecule has 0 saturated carbocycles. The Morgan fingerprint density at radius 2 is 1.96 bits per heavy atom. The quantitative estimate of drug-likeness (QED) is 0.872. The Morgan fingerprint density at radius 1 is 1.22 bits per heavy atom. The van der Waals surface area contributed by atoms with Crippen molar-refractivity contribution in [2.45, 2.75) is 51.2 Å². The van der Waals surface area contributed by atoms with Crippen LogP contribution in [0.5, 0.6) is 0 Å². The maximum Gasteiger partial charge on any atom is 0.133 e. The number of ether oxygens (including phenoxy) is 1. The first-order valence-electron chi connectivity index (χ1n) is 7.98. The summed E-state index contributed by atoms with van der Waals surface area (Å²) in [5.74, 6) is 0.863. The molecule has 2 aromatic heterocycles. The van der Waals surface area contributed by atoms with Crippen molar-refractivity contribution >= 4 is 0 Å². The molecule has 3 rings (SSSR count). The molecule has 0 unspecified atom stereocenters. The second kappa shape index (κ2) is 6.00. The lowest BCUT2D eigenvalue weighted by molar-refractivity contribution is -0.0183. The van der Waals surface area contributed by atoms with E-state index in [1.165, 1.54) is 0 Å². The van der Waals surface area contributed by atoms with Gasteiger partial charge in [0.05, 0.1) is 12.7 Å². The smallest absolute Gasteiger partial charge is 0.133 e. The minimum atomic E-state index is -1.24. The third kappa shape index (κ3) is 3.58. The number of nitrogens with zero attached hydrogens (tertiary/aromatic N) is 4. The lowest BCUT2D eigenvalue weighted by Crippen LogP contribution is -2.37. The van der Waals surface area contributed by atoms with Gasteiger partial charge in [-0.25, -0.2) is 9.37 Å². The van der Waals surface area contributed by atoms with E-state index in [-0.39, 0.29) is 5.41 Å². The largest absolute Gasteiger partial charge is 0.381 e. The normalized spacial score (nSPS) is 18.1. The first-order valence-corrected chi connectivity index (χ1v) is 7.98. The zero-order chi connectivity index (χ0) is 16.5. The van der Waals surface area contributed by atoms with E-state index in [4.69, 9.17) is 9.72 Å². The third-order valence-electron chi connectivity index (χ3n) is 4.12. The molecule has 0 atom stereocenters. The Morgan fingerprint density at radius 3 is 2.57 bits per heavy atom. The molecule has 1 fully saturated rings. The van der Waals surface area contributed by atoms with Gasteiger partial charge in [-0.05, 0) is 0 Å². The van der Waals surface area contributed by atoms with Gasteiger partial charge in [0, 0.05) is 50.1 Å². The Bertz CT molecular complexity index is 657. The fourth-order valence-electron chi connectivity index (χ4n) is 2.89. The summed E-state index contributed by atoms with van der Waals surface area (Å²) in [4.78, 5) is 13.1. The summed E-state index contributed by atoms with van der Waals surface area (Å²) in [6.45, 7) is 7.51. The maximum absolute atomic E-state index is 15.1. The summed E-state index contributed by atoms with van der Waals surface area (Å²) >= 11 is 0. The van der Waals surface area contributed by atoms with Crippen molar-refractivity contribution in [3.63, 3.8) is 0 Å². The summed E-state index contributed by atoms with van der Waals surface area (Å²) < 4.78 is 22.3. The van der Waals surface area contributed by atoms with Crippen LogP contribution in [-0.4, -0.2) is 38.4 Å². The fourth-order valence-corrected chi connectivity index (χ4v) is 2.89. The molecule has 23 heavy (non-hydrogen) atoms. The topological polar surface area (TPSA) is 52.8 Å². The molecule has 5 nitrogen and oxygen atoms in total. The van der Waals surface area contributed by atoms with Gasteiger partial charge in [0.25, 0.3) is 0 Å². The number of hydrogen-bond acceptors (Lipinski definition) is 4. The van der Waals surface area contributed by atoms with E-state index in [9.17, 15) is 0 Å². The molecular weight excluding hydrogens is 295 g/mol. The van der Waals surface area contributed by atoms with Gasteiger partial charge < -0.3 is 9.30 Å². The average Bonchev–Trinajstić information content (AvgIpc) is 2.92. The van der Waals surface area contributed by atoms with Crippen LogP contribution in [0.1, 0.15) is 39.4 Å². The van der Waals surface area contributed by atoms with Crippen molar-refractivity contribution in [3.05, 3.63) is 30.6 Å². The summed E-state index contributed by atoms with van der Waals surface area (Å²) in [5, 5.41) is 0. The van der Waals surface area contributed by atoms with E-state index in [1.807, 2.05) is 10.8 Å². The van der Waals surface area contributed by atoms with E-state index in [0.29, 0.717) is 38.3 Å². The standard InChI is InChI=1S/C17H23FN4O/c1-16(2,3)15-21-14(13-10-19-6-7-20-13)11-22(15)12-17(18)4-8-23-9-5-17/h6-7,10-11H,4-5,8-9,12H2,1-3H3. The highest BCUT2D eigenvalue weighted by Gasteiger charge is 2.35. The molecule has 124 valence electrons. The van der Waals surface area contributed by atoms with E-state index < -0.39 is 5.67 Å². The summed E-state index contributed by atoms with van der Waals surface area (Å²) in [5.41, 5.74) is 0.0240. The lowest BCUT2D eigenvalue weighted by Gasteiger charge is -2.31. The van der Waals surface area contributed by atoms with E-state index >= 15 is 4.39 Å². The van der Waals surface area contributed by atoms with Crippen molar-refractivity contribution < 1.29 is 9.13 Å². The van der Waals surface area contributed by atoms with Crippen LogP contribution in [0.25, 0.3) is 11.4 Å². The second-order valence-corrected chi connectivity index (χ2v) is 7.18. The van der Waals surface area contributed by atoms with Gasteiger partial charge in [-0.3, -0.25) is 9.97 Å². The number of hydrogen-bond donors (Lipinski definition) is 0. The third-order valence-corrected chi connectivity index (χ3v) is 4.12. The number of alkyl halides is 1. The SMILES string of the molecule is CC(C)(C)c1nc(-c2cnccn2)cn1CC1(F)CCOCC1.